The molecule has 0 unspecified atom stereocenters. The maximum atomic E-state index is 7.71. The average molecular weight is 102 g/mol. The molecule has 0 bridgehead atoms. The number of rotatable bonds is 1. The van der Waals surface area contributed by atoms with E-state index in [9.17, 15) is 0 Å². The lowest BCUT2D eigenvalue weighted by atomic mass is 11.7. The van der Waals surface area contributed by atoms with Crippen LogP contribution in [0.15, 0.2) is 5.16 Å². The highest BCUT2D eigenvalue weighted by Gasteiger charge is 1.65. The molecule has 0 saturated heterocycles. The van der Waals surface area contributed by atoms with Crippen molar-refractivity contribution in [2.75, 3.05) is 0 Å². The molecule has 0 radical (unpaired) electrons. The third kappa shape index (κ3) is 3.31. The zero-order valence-corrected chi connectivity index (χ0v) is 3.64. The highest BCUT2D eigenvalue weighted by atomic mass is 32.2. The second-order valence-electron chi connectivity index (χ2n) is 0.430. The molecule has 32 valence electrons. The van der Waals surface area contributed by atoms with Crippen molar-refractivity contribution in [1.29, 1.82) is 5.26 Å². The zero-order chi connectivity index (χ0) is 4.83. The Morgan fingerprint density at radius 2 is 2.67 bits per heavy atom. The van der Waals surface area contributed by atoms with E-state index in [1.165, 1.54) is 0 Å². The first-order chi connectivity index (χ1) is 2.91. The lowest BCUT2D eigenvalue weighted by Gasteiger charge is -1.62. The lowest BCUT2D eigenvalue weighted by Crippen LogP contribution is -1.53. The van der Waals surface area contributed by atoms with Gasteiger partial charge in [-0.2, -0.15) is 5.26 Å². The fraction of sp³-hybridized carbons (Fsp3) is 0. The molecular weight excluding hydrogens is 100 g/mol. The number of thioether (sulfide) groups is 1. The van der Waals surface area contributed by atoms with Gasteiger partial charge >= 0.3 is 0 Å². The van der Waals surface area contributed by atoms with Gasteiger partial charge in [-0.1, -0.05) is 5.16 Å². The fourth-order valence-electron chi connectivity index (χ4n) is 0.0471. The van der Waals surface area contributed by atoms with E-state index in [0.717, 1.165) is 17.3 Å². The number of oxime groups is 1. The van der Waals surface area contributed by atoms with Gasteiger partial charge in [0.15, 0.2) is 0 Å². The van der Waals surface area contributed by atoms with Crippen LogP contribution in [-0.4, -0.2) is 10.8 Å². The molecule has 4 heteroatoms. The molecule has 0 amide bonds. The summed E-state index contributed by atoms with van der Waals surface area (Å²) in [7, 11) is 0. The Morgan fingerprint density at radius 1 is 2.00 bits per heavy atom. The predicted molar refractivity (Wildman–Crippen MR) is 23.5 cm³/mol. The quantitative estimate of drug-likeness (QED) is 0.173. The minimum atomic E-state index is 0.772. The van der Waals surface area contributed by atoms with Gasteiger partial charge in [0, 0.05) is 11.8 Å². The summed E-state index contributed by atoms with van der Waals surface area (Å²) in [4.78, 5) is 0. The topological polar surface area (TPSA) is 56.4 Å². The second kappa shape index (κ2) is 4.31. The Kier molecular flexibility index (Phi) is 3.81. The van der Waals surface area contributed by atoms with Crippen LogP contribution in [0.4, 0.5) is 0 Å². The van der Waals surface area contributed by atoms with E-state index in [1.54, 1.807) is 5.40 Å². The molecule has 0 heterocycles. The van der Waals surface area contributed by atoms with E-state index in [4.69, 9.17) is 10.5 Å². The van der Waals surface area contributed by atoms with E-state index in [0.29, 0.717) is 0 Å². The molecule has 3 nitrogen and oxygen atoms in total. The van der Waals surface area contributed by atoms with E-state index < -0.39 is 0 Å². The molecular formula is C2H2N2OS. The van der Waals surface area contributed by atoms with E-state index in [-0.39, 0.29) is 0 Å². The first-order valence-corrected chi connectivity index (χ1v) is 2.00. The summed E-state index contributed by atoms with van der Waals surface area (Å²) < 4.78 is 0. The van der Waals surface area contributed by atoms with Gasteiger partial charge < -0.3 is 5.21 Å². The van der Waals surface area contributed by atoms with E-state index in [2.05, 4.69) is 5.16 Å². The van der Waals surface area contributed by atoms with Gasteiger partial charge in [0.1, 0.15) is 10.9 Å². The van der Waals surface area contributed by atoms with Gasteiger partial charge in [-0.3, -0.25) is 0 Å². The minimum Gasteiger partial charge on any atom is -0.410 e. The van der Waals surface area contributed by atoms with E-state index in [1.807, 2.05) is 0 Å². The van der Waals surface area contributed by atoms with Gasteiger partial charge in [0.05, 0.1) is 0 Å². The van der Waals surface area contributed by atoms with Gasteiger partial charge in [-0.05, 0) is 0 Å². The minimum absolute atomic E-state index is 0.772. The van der Waals surface area contributed by atoms with Crippen molar-refractivity contribution in [3.05, 3.63) is 0 Å². The molecule has 0 aliphatic heterocycles. The molecule has 0 rings (SSSR count). The Morgan fingerprint density at radius 3 is 2.83 bits per heavy atom. The molecule has 1 N–H and O–H groups in total. The van der Waals surface area contributed by atoms with Gasteiger partial charge in [-0.25, -0.2) is 0 Å². The van der Waals surface area contributed by atoms with Crippen LogP contribution in [0.25, 0.3) is 0 Å². The Bertz CT molecular complexity index is 84.0. The average Bonchev–Trinajstić information content (AvgIpc) is 1.61. The summed E-state index contributed by atoms with van der Waals surface area (Å²) in [5, 5.41) is 19.5. The van der Waals surface area contributed by atoms with Gasteiger partial charge in [0.25, 0.3) is 0 Å². The van der Waals surface area contributed by atoms with Crippen LogP contribution in [0.5, 0.6) is 0 Å². The number of hydrogen-bond donors (Lipinski definition) is 1. The van der Waals surface area contributed by atoms with Crippen LogP contribution in [0, 0.1) is 10.7 Å². The summed E-state index contributed by atoms with van der Waals surface area (Å²) >= 11 is 0.772. The van der Waals surface area contributed by atoms with Crippen molar-refractivity contribution in [3.63, 3.8) is 0 Å². The molecule has 6 heavy (non-hydrogen) atoms. The normalized spacial score (nSPS) is 8.50. The number of nitriles is 1. The standard InChI is InChI=1S/C2H2N2OS/c3-1-6-2-4-5/h2,5H. The lowest BCUT2D eigenvalue weighted by molar-refractivity contribution is 0.323. The number of thiocyanates is 1. The van der Waals surface area contributed by atoms with Gasteiger partial charge in [0.2, 0.25) is 0 Å². The Balaban J connectivity index is 2.92. The number of hydrogen-bond acceptors (Lipinski definition) is 4. The number of nitrogens with zero attached hydrogens (tertiary/aromatic N) is 2. The summed E-state index contributed by atoms with van der Waals surface area (Å²) in [5.74, 6) is 0. The molecule has 0 atom stereocenters. The monoisotopic (exact) mass is 102 g/mol. The van der Waals surface area contributed by atoms with Crippen LogP contribution in [-0.2, 0) is 0 Å². The third-order valence-corrected chi connectivity index (χ3v) is 0.458. The maximum absolute atomic E-state index is 7.71. The Labute approximate surface area is 39.3 Å². The maximum Gasteiger partial charge on any atom is 0.139 e. The summed E-state index contributed by atoms with van der Waals surface area (Å²) in [6, 6.07) is 0. The van der Waals surface area contributed by atoms with Crippen LogP contribution in [0.2, 0.25) is 0 Å². The van der Waals surface area contributed by atoms with Crippen molar-refractivity contribution < 1.29 is 5.21 Å². The first-order valence-electron chi connectivity index (χ1n) is 1.12. The second-order valence-corrected chi connectivity index (χ2v) is 1.06. The van der Waals surface area contributed by atoms with Crippen LogP contribution in [0.3, 0.4) is 0 Å². The van der Waals surface area contributed by atoms with Crippen molar-refractivity contribution in [3.8, 4) is 5.40 Å². The summed E-state index contributed by atoms with van der Waals surface area (Å²) in [5.41, 5.74) is 1.04. The largest absolute Gasteiger partial charge is 0.410 e. The van der Waals surface area contributed by atoms with Crippen molar-refractivity contribution >= 4 is 17.3 Å². The van der Waals surface area contributed by atoms with Crippen LogP contribution >= 0.6 is 11.8 Å². The highest BCUT2D eigenvalue weighted by molar-refractivity contribution is 8.16. The molecule has 0 saturated carbocycles. The SMILES string of the molecule is N#CSC=NO. The Hall–Kier alpha value is -0.690. The smallest absolute Gasteiger partial charge is 0.139 e. The van der Waals surface area contributed by atoms with E-state index >= 15 is 0 Å². The molecule has 0 aromatic heterocycles. The zero-order valence-electron chi connectivity index (χ0n) is 2.83. The van der Waals surface area contributed by atoms with Crippen LogP contribution < -0.4 is 0 Å². The fourth-order valence-corrected chi connectivity index (χ4v) is 0.141. The predicted octanol–water partition coefficient (Wildman–Crippen LogP) is 0.618. The summed E-state index contributed by atoms with van der Waals surface area (Å²) in [6.07, 6.45) is 0. The summed E-state index contributed by atoms with van der Waals surface area (Å²) in [6.45, 7) is 0. The molecule has 0 fully saturated rings. The first kappa shape index (κ1) is 5.31. The third-order valence-electron chi connectivity index (χ3n) is 0.153. The van der Waals surface area contributed by atoms with Crippen molar-refractivity contribution in [2.24, 2.45) is 5.16 Å². The van der Waals surface area contributed by atoms with Gasteiger partial charge in [-0.15, -0.1) is 0 Å². The van der Waals surface area contributed by atoms with Crippen LogP contribution in [0.1, 0.15) is 0 Å². The van der Waals surface area contributed by atoms with Crippen molar-refractivity contribution in [1.82, 2.24) is 0 Å². The molecule has 0 aromatic carbocycles. The molecule has 0 aliphatic carbocycles. The van der Waals surface area contributed by atoms with Crippen molar-refractivity contribution in [2.45, 2.75) is 0 Å². The highest BCUT2D eigenvalue weighted by Crippen LogP contribution is 1.84. The molecule has 0 aromatic rings. The molecule has 0 spiro atoms. The molecule has 0 aliphatic rings.